The Morgan fingerprint density at radius 3 is 2.68 bits per heavy atom. The van der Waals surface area contributed by atoms with Gasteiger partial charge in [0, 0.05) is 48.8 Å². The van der Waals surface area contributed by atoms with Gasteiger partial charge in [-0.15, -0.1) is 0 Å². The van der Waals surface area contributed by atoms with Gasteiger partial charge in [0.25, 0.3) is 0 Å². The van der Waals surface area contributed by atoms with Gasteiger partial charge in [0.1, 0.15) is 5.82 Å². The molecule has 0 saturated heterocycles. The monoisotopic (exact) mass is 499 g/mol. The van der Waals surface area contributed by atoms with Crippen LogP contribution >= 0.6 is 23.2 Å². The number of pyridine rings is 1. The second kappa shape index (κ2) is 10.00. The van der Waals surface area contributed by atoms with Gasteiger partial charge in [0.15, 0.2) is 0 Å². The van der Waals surface area contributed by atoms with Crippen LogP contribution in [0.25, 0.3) is 22.6 Å². The van der Waals surface area contributed by atoms with Crippen LogP contribution in [0, 0.1) is 10.1 Å². The third-order valence-electron chi connectivity index (χ3n) is 4.92. The van der Waals surface area contributed by atoms with Crippen molar-refractivity contribution in [3.05, 3.63) is 74.8 Å². The van der Waals surface area contributed by atoms with Gasteiger partial charge < -0.3 is 21.4 Å². The minimum absolute atomic E-state index is 0.132. The normalized spacial score (nSPS) is 11.8. The summed E-state index contributed by atoms with van der Waals surface area (Å²) >= 11 is 12.5. The van der Waals surface area contributed by atoms with E-state index in [1.807, 2.05) is 0 Å². The van der Waals surface area contributed by atoms with Crippen LogP contribution in [-0.2, 0) is 0 Å². The zero-order chi connectivity index (χ0) is 24.2. The van der Waals surface area contributed by atoms with Crippen molar-refractivity contribution in [2.24, 2.45) is 5.73 Å². The number of halogens is 2. The second-order valence-corrected chi connectivity index (χ2v) is 7.96. The van der Waals surface area contributed by atoms with Crippen molar-refractivity contribution in [3.8, 4) is 22.6 Å². The molecule has 4 rings (SSSR count). The summed E-state index contributed by atoms with van der Waals surface area (Å²) in [4.78, 5) is 31.2. The Labute approximate surface area is 203 Å². The number of anilines is 2. The average molecular weight is 500 g/mol. The van der Waals surface area contributed by atoms with Crippen LogP contribution < -0.4 is 16.4 Å². The number of nitro groups is 1. The molecule has 1 aromatic carbocycles. The van der Waals surface area contributed by atoms with Crippen molar-refractivity contribution in [1.29, 1.82) is 0 Å². The molecule has 0 radical (unpaired) electrons. The van der Waals surface area contributed by atoms with Crippen LogP contribution in [0.3, 0.4) is 0 Å². The van der Waals surface area contributed by atoms with Gasteiger partial charge in [0.05, 0.1) is 32.9 Å². The van der Waals surface area contributed by atoms with Crippen LogP contribution in [-0.4, -0.2) is 43.4 Å². The summed E-state index contributed by atoms with van der Waals surface area (Å²) in [5.41, 5.74) is 8.45. The molecule has 5 N–H and O–H groups in total. The highest BCUT2D eigenvalue weighted by atomic mass is 35.5. The molecular weight excluding hydrogens is 481 g/mol. The minimum Gasteiger partial charge on any atom is -0.367 e. The first-order valence-corrected chi connectivity index (χ1v) is 10.8. The zero-order valence-electron chi connectivity index (χ0n) is 17.8. The largest absolute Gasteiger partial charge is 0.367 e. The maximum absolute atomic E-state index is 11.1. The zero-order valence-corrected chi connectivity index (χ0v) is 19.3. The van der Waals surface area contributed by atoms with E-state index in [4.69, 9.17) is 28.9 Å². The Morgan fingerprint density at radius 1 is 1.18 bits per heavy atom. The fourth-order valence-electron chi connectivity index (χ4n) is 3.25. The van der Waals surface area contributed by atoms with Crippen LogP contribution in [0.15, 0.2) is 48.9 Å². The lowest BCUT2D eigenvalue weighted by molar-refractivity contribution is -0.384. The summed E-state index contributed by atoms with van der Waals surface area (Å²) in [5.74, 6) is 1.03. The molecule has 174 valence electrons. The number of H-pyrrole nitrogens is 1. The number of nitrogens with one attached hydrogen (secondary N) is 3. The van der Waals surface area contributed by atoms with E-state index < -0.39 is 11.0 Å². The second-order valence-electron chi connectivity index (χ2n) is 7.12. The summed E-state index contributed by atoms with van der Waals surface area (Å²) in [5, 5.41) is 17.9. The van der Waals surface area contributed by atoms with E-state index in [-0.39, 0.29) is 18.1 Å². The molecule has 0 aliphatic rings. The van der Waals surface area contributed by atoms with Crippen LogP contribution in [0.1, 0.15) is 11.7 Å². The number of nitrogens with zero attached hydrogens (tertiary/aromatic N) is 5. The van der Waals surface area contributed by atoms with Gasteiger partial charge in [-0.3, -0.25) is 10.1 Å². The molecule has 1 unspecified atom stereocenters. The fourth-order valence-corrected chi connectivity index (χ4v) is 3.75. The third kappa shape index (κ3) is 4.91. The van der Waals surface area contributed by atoms with Gasteiger partial charge in [0.2, 0.25) is 11.8 Å². The number of imidazole rings is 1. The van der Waals surface area contributed by atoms with Crippen molar-refractivity contribution in [3.63, 3.8) is 0 Å². The Kier molecular flexibility index (Phi) is 6.87. The molecule has 4 aromatic rings. The standard InChI is InChI=1S/C21H19Cl2N9O2/c1-25-20-17(32(33)34)5-4-16(30-20)15(24)10-29-21-28-9-13(19-26-6-7-27-19)18(31-21)12-3-2-11(22)8-14(12)23/h2-9,15H,10,24H2,1H3,(H,25,30)(H,26,27)(H,28,29,31). The highest BCUT2D eigenvalue weighted by Gasteiger charge is 2.19. The molecule has 0 amide bonds. The van der Waals surface area contributed by atoms with Gasteiger partial charge in [-0.25, -0.2) is 19.9 Å². The predicted molar refractivity (Wildman–Crippen MR) is 131 cm³/mol. The third-order valence-corrected chi connectivity index (χ3v) is 5.47. The van der Waals surface area contributed by atoms with Crippen molar-refractivity contribution < 1.29 is 4.92 Å². The summed E-state index contributed by atoms with van der Waals surface area (Å²) in [6.07, 6.45) is 4.96. The van der Waals surface area contributed by atoms with Crippen LogP contribution in [0.4, 0.5) is 17.5 Å². The first-order chi connectivity index (χ1) is 16.4. The molecule has 34 heavy (non-hydrogen) atoms. The summed E-state index contributed by atoms with van der Waals surface area (Å²) in [7, 11) is 1.56. The highest BCUT2D eigenvalue weighted by Crippen LogP contribution is 2.35. The Bertz CT molecular complexity index is 1330. The molecule has 0 fully saturated rings. The van der Waals surface area contributed by atoms with E-state index in [2.05, 4.69) is 35.6 Å². The minimum atomic E-state index is -0.580. The van der Waals surface area contributed by atoms with Crippen molar-refractivity contribution >= 4 is 40.7 Å². The van der Waals surface area contributed by atoms with E-state index in [9.17, 15) is 10.1 Å². The molecule has 0 aliphatic carbocycles. The molecule has 1 atom stereocenters. The number of aromatic nitrogens is 5. The molecule has 0 bridgehead atoms. The molecule has 3 aromatic heterocycles. The van der Waals surface area contributed by atoms with E-state index >= 15 is 0 Å². The SMILES string of the molecule is CNc1nc(C(N)CNc2ncc(-c3ncc[nH]3)c(-c3ccc(Cl)cc3Cl)n2)ccc1[N+](=O)[O-]. The van der Waals surface area contributed by atoms with E-state index in [0.717, 1.165) is 0 Å². The molecule has 0 aliphatic heterocycles. The maximum Gasteiger partial charge on any atom is 0.311 e. The Morgan fingerprint density at radius 2 is 2.00 bits per heavy atom. The number of hydrogen-bond acceptors (Lipinski definition) is 9. The molecular formula is C21H19Cl2N9O2. The molecule has 13 heteroatoms. The Balaban J connectivity index is 1.61. The summed E-state index contributed by atoms with van der Waals surface area (Å²) < 4.78 is 0. The van der Waals surface area contributed by atoms with Crippen molar-refractivity contribution in [2.75, 3.05) is 24.2 Å². The van der Waals surface area contributed by atoms with E-state index in [0.29, 0.717) is 44.3 Å². The van der Waals surface area contributed by atoms with Gasteiger partial charge >= 0.3 is 5.69 Å². The Hall–Kier alpha value is -3.80. The van der Waals surface area contributed by atoms with Gasteiger partial charge in [-0.2, -0.15) is 0 Å². The topological polar surface area (TPSA) is 161 Å². The molecule has 0 spiro atoms. The smallest absolute Gasteiger partial charge is 0.311 e. The van der Waals surface area contributed by atoms with Gasteiger partial charge in [-0.1, -0.05) is 23.2 Å². The number of hydrogen-bond donors (Lipinski definition) is 4. The lowest BCUT2D eigenvalue weighted by Crippen LogP contribution is -2.23. The van der Waals surface area contributed by atoms with Gasteiger partial charge in [-0.05, 0) is 24.3 Å². The number of rotatable bonds is 8. The molecule has 11 nitrogen and oxygen atoms in total. The number of aromatic amines is 1. The number of benzene rings is 1. The molecule has 3 heterocycles. The quantitative estimate of drug-likeness (QED) is 0.204. The first-order valence-electron chi connectivity index (χ1n) is 10.0. The predicted octanol–water partition coefficient (Wildman–Crippen LogP) is 4.30. The first kappa shape index (κ1) is 23.4. The summed E-state index contributed by atoms with van der Waals surface area (Å²) in [6, 6.07) is 7.43. The van der Waals surface area contributed by atoms with E-state index in [1.54, 1.807) is 43.8 Å². The van der Waals surface area contributed by atoms with Crippen molar-refractivity contribution in [2.45, 2.75) is 6.04 Å². The van der Waals surface area contributed by atoms with E-state index in [1.165, 1.54) is 12.1 Å². The highest BCUT2D eigenvalue weighted by molar-refractivity contribution is 6.36. The summed E-state index contributed by atoms with van der Waals surface area (Å²) in [6.45, 7) is 0.224. The molecule has 0 saturated carbocycles. The average Bonchev–Trinajstić information content (AvgIpc) is 3.36. The van der Waals surface area contributed by atoms with Crippen LogP contribution in [0.5, 0.6) is 0 Å². The van der Waals surface area contributed by atoms with Crippen LogP contribution in [0.2, 0.25) is 10.0 Å². The lowest BCUT2D eigenvalue weighted by Gasteiger charge is -2.15. The maximum atomic E-state index is 11.1. The fraction of sp³-hybridized carbons (Fsp3) is 0.143. The lowest BCUT2D eigenvalue weighted by atomic mass is 10.1. The number of nitrogens with two attached hydrogens (primary N) is 1. The van der Waals surface area contributed by atoms with Crippen molar-refractivity contribution in [1.82, 2.24) is 24.9 Å².